The molecular weight excluding hydrogens is 382 g/mol. The zero-order valence-corrected chi connectivity index (χ0v) is 17.9. The first kappa shape index (κ1) is 23.6. The molecule has 0 unspecified atom stereocenters. The van der Waals surface area contributed by atoms with E-state index in [2.05, 4.69) is 12.2 Å². The Balaban J connectivity index is 2.81. The summed E-state index contributed by atoms with van der Waals surface area (Å²) < 4.78 is 5.11. The van der Waals surface area contributed by atoms with Gasteiger partial charge >= 0.3 is 5.97 Å². The van der Waals surface area contributed by atoms with E-state index >= 15 is 0 Å². The topological polar surface area (TPSA) is 72.5 Å². The third-order valence-electron chi connectivity index (χ3n) is 3.83. The summed E-state index contributed by atoms with van der Waals surface area (Å²) in [5.74, 6) is 1.10. The predicted molar refractivity (Wildman–Crippen MR) is 113 cm³/mol. The number of carbonyl (C=O) groups is 3. The summed E-state index contributed by atoms with van der Waals surface area (Å²) in [7, 11) is 0. The van der Waals surface area contributed by atoms with E-state index in [4.69, 9.17) is 4.74 Å². The van der Waals surface area contributed by atoms with E-state index in [0.717, 1.165) is 28.8 Å². The average molecular weight is 412 g/mol. The highest BCUT2D eigenvalue weighted by Crippen LogP contribution is 2.17. The van der Waals surface area contributed by atoms with Crippen LogP contribution >= 0.6 is 23.5 Å². The van der Waals surface area contributed by atoms with Gasteiger partial charge < -0.3 is 10.1 Å². The molecule has 0 saturated carbocycles. The van der Waals surface area contributed by atoms with Gasteiger partial charge in [-0.25, -0.2) is 4.79 Å². The second-order valence-corrected chi connectivity index (χ2v) is 8.58. The van der Waals surface area contributed by atoms with Gasteiger partial charge in [-0.05, 0) is 36.8 Å². The second kappa shape index (κ2) is 13.7. The number of hydrogen-bond acceptors (Lipinski definition) is 6. The van der Waals surface area contributed by atoms with Crippen molar-refractivity contribution < 1.29 is 19.1 Å². The molecule has 0 heterocycles. The van der Waals surface area contributed by atoms with Gasteiger partial charge in [0.1, 0.15) is 6.04 Å². The molecule has 2 atom stereocenters. The van der Waals surface area contributed by atoms with Crippen LogP contribution in [0.2, 0.25) is 0 Å². The molecule has 150 valence electrons. The summed E-state index contributed by atoms with van der Waals surface area (Å²) in [5.41, 5.74) is 1.02. The minimum Gasteiger partial charge on any atom is -0.464 e. The summed E-state index contributed by atoms with van der Waals surface area (Å²) in [6.07, 6.45) is 1.05. The van der Waals surface area contributed by atoms with Crippen LogP contribution < -0.4 is 5.32 Å². The highest BCUT2D eigenvalue weighted by molar-refractivity contribution is 8.13. The van der Waals surface area contributed by atoms with Crippen molar-refractivity contribution >= 4 is 40.5 Å². The Labute approximate surface area is 170 Å². The molecule has 1 aromatic rings. The van der Waals surface area contributed by atoms with Crippen LogP contribution in [0, 0.1) is 5.92 Å². The fraction of sp³-hybridized carbons (Fsp3) is 0.550. The van der Waals surface area contributed by atoms with Crippen molar-refractivity contribution in [1.29, 1.82) is 0 Å². The highest BCUT2D eigenvalue weighted by atomic mass is 32.2. The van der Waals surface area contributed by atoms with E-state index in [-0.39, 0.29) is 17.6 Å². The molecule has 0 aromatic heterocycles. The molecule has 1 amide bonds. The molecule has 7 heteroatoms. The van der Waals surface area contributed by atoms with Gasteiger partial charge in [0.15, 0.2) is 5.12 Å². The van der Waals surface area contributed by atoms with Crippen molar-refractivity contribution in [1.82, 2.24) is 5.32 Å². The molecule has 0 spiro atoms. The third kappa shape index (κ3) is 9.86. The minimum atomic E-state index is -0.655. The number of benzene rings is 1. The first-order valence-electron chi connectivity index (χ1n) is 9.19. The van der Waals surface area contributed by atoms with Crippen molar-refractivity contribution in [3.05, 3.63) is 35.9 Å². The van der Waals surface area contributed by atoms with Crippen LogP contribution in [0.25, 0.3) is 0 Å². The van der Waals surface area contributed by atoms with Crippen molar-refractivity contribution in [3.8, 4) is 0 Å². The highest BCUT2D eigenvalue weighted by Gasteiger charge is 2.27. The number of rotatable bonds is 12. The molecule has 0 fully saturated rings. The van der Waals surface area contributed by atoms with E-state index < -0.39 is 17.9 Å². The number of amides is 1. The molecule has 0 aliphatic heterocycles. The largest absolute Gasteiger partial charge is 0.464 e. The normalized spacial score (nSPS) is 12.9. The van der Waals surface area contributed by atoms with Crippen LogP contribution in [0.3, 0.4) is 0 Å². The smallest absolute Gasteiger partial charge is 0.328 e. The summed E-state index contributed by atoms with van der Waals surface area (Å²) in [4.78, 5) is 36.4. The van der Waals surface area contributed by atoms with Gasteiger partial charge in [-0.15, -0.1) is 0 Å². The van der Waals surface area contributed by atoms with E-state index in [9.17, 15) is 14.4 Å². The Morgan fingerprint density at radius 1 is 1.15 bits per heavy atom. The molecule has 5 nitrogen and oxygen atoms in total. The van der Waals surface area contributed by atoms with Gasteiger partial charge in [0.05, 0.1) is 12.5 Å². The number of hydrogen-bond donors (Lipinski definition) is 1. The third-order valence-corrected chi connectivity index (χ3v) is 5.73. The van der Waals surface area contributed by atoms with E-state index in [1.807, 2.05) is 30.3 Å². The summed E-state index contributed by atoms with van der Waals surface area (Å²) in [6, 6.07) is 9.03. The maximum atomic E-state index is 12.9. The number of nitrogens with one attached hydrogen (secondary N) is 1. The Morgan fingerprint density at radius 3 is 2.44 bits per heavy atom. The predicted octanol–water partition coefficient (Wildman–Crippen LogP) is 3.32. The number of ether oxygens (including phenoxy) is 1. The Bertz CT molecular complexity index is 595. The van der Waals surface area contributed by atoms with Crippen LogP contribution in [0.4, 0.5) is 0 Å². The maximum absolute atomic E-state index is 12.9. The lowest BCUT2D eigenvalue weighted by Gasteiger charge is -2.21. The number of carbonyl (C=O) groups excluding carboxylic acids is 3. The monoisotopic (exact) mass is 411 g/mol. The molecule has 0 bridgehead atoms. The van der Waals surface area contributed by atoms with E-state index in [0.29, 0.717) is 18.6 Å². The van der Waals surface area contributed by atoms with Crippen molar-refractivity contribution in [2.75, 3.05) is 23.9 Å². The van der Waals surface area contributed by atoms with Crippen LogP contribution in [0.15, 0.2) is 30.3 Å². The van der Waals surface area contributed by atoms with E-state index in [1.165, 1.54) is 6.92 Å². The van der Waals surface area contributed by atoms with Gasteiger partial charge in [0.25, 0.3) is 0 Å². The summed E-state index contributed by atoms with van der Waals surface area (Å²) >= 11 is 2.85. The standard InChI is InChI=1S/C20H29NO4S2/c1-4-25-20(24)18(11-12-26-5-2)21-19(23)17(14-27-15(3)22)13-16-9-7-6-8-10-16/h6-10,17-18H,4-5,11-14H2,1-3H3,(H,21,23)/t17-,18+/m1/s1. The van der Waals surface area contributed by atoms with Crippen LogP contribution in [-0.4, -0.2) is 46.9 Å². The fourth-order valence-corrected chi connectivity index (χ4v) is 3.87. The van der Waals surface area contributed by atoms with Crippen molar-refractivity contribution in [2.45, 2.75) is 39.7 Å². The quantitative estimate of drug-likeness (QED) is 0.420. The average Bonchev–Trinajstić information content (AvgIpc) is 2.65. The van der Waals surface area contributed by atoms with Gasteiger partial charge in [0.2, 0.25) is 5.91 Å². The molecule has 0 aliphatic rings. The summed E-state index contributed by atoms with van der Waals surface area (Å²) in [5, 5.41) is 2.83. The molecule has 1 aromatic carbocycles. The van der Waals surface area contributed by atoms with Crippen LogP contribution in [0.1, 0.15) is 32.8 Å². The summed E-state index contributed by atoms with van der Waals surface area (Å²) in [6.45, 7) is 5.57. The zero-order chi connectivity index (χ0) is 20.1. The minimum absolute atomic E-state index is 0.0258. The Kier molecular flexibility index (Phi) is 11.9. The van der Waals surface area contributed by atoms with Gasteiger partial charge in [-0.1, -0.05) is 49.0 Å². The van der Waals surface area contributed by atoms with Gasteiger partial charge in [-0.2, -0.15) is 11.8 Å². The van der Waals surface area contributed by atoms with Crippen LogP contribution in [0.5, 0.6) is 0 Å². The molecule has 0 aliphatic carbocycles. The Hall–Kier alpha value is -1.47. The molecule has 1 rings (SSSR count). The molecule has 0 radical (unpaired) electrons. The fourth-order valence-electron chi connectivity index (χ4n) is 2.47. The Morgan fingerprint density at radius 2 is 1.85 bits per heavy atom. The van der Waals surface area contributed by atoms with Gasteiger partial charge in [0, 0.05) is 12.7 Å². The zero-order valence-electron chi connectivity index (χ0n) is 16.2. The SMILES string of the molecule is CCOC(=O)[C@H](CCSCC)NC(=O)[C@@H](CSC(C)=O)Cc1ccccc1. The molecule has 1 N–H and O–H groups in total. The first-order chi connectivity index (χ1) is 13.0. The lowest BCUT2D eigenvalue weighted by Crippen LogP contribution is -2.45. The number of thioether (sulfide) groups is 2. The maximum Gasteiger partial charge on any atom is 0.328 e. The number of esters is 1. The van der Waals surface area contributed by atoms with Crippen molar-refractivity contribution in [2.24, 2.45) is 5.92 Å². The lowest BCUT2D eigenvalue weighted by atomic mass is 9.99. The lowest BCUT2D eigenvalue weighted by molar-refractivity contribution is -0.147. The first-order valence-corrected chi connectivity index (χ1v) is 11.3. The molecule has 0 saturated heterocycles. The van der Waals surface area contributed by atoms with E-state index in [1.54, 1.807) is 18.7 Å². The van der Waals surface area contributed by atoms with Crippen molar-refractivity contribution in [3.63, 3.8) is 0 Å². The van der Waals surface area contributed by atoms with Gasteiger partial charge in [-0.3, -0.25) is 9.59 Å². The molecule has 27 heavy (non-hydrogen) atoms. The second-order valence-electron chi connectivity index (χ2n) is 5.99. The van der Waals surface area contributed by atoms with Crippen LogP contribution in [-0.2, 0) is 25.5 Å². The molecular formula is C20H29NO4S2.